The Kier molecular flexibility index (Phi) is 5.58. The maximum absolute atomic E-state index is 11.5. The first kappa shape index (κ1) is 14.1. The molecule has 0 aliphatic heterocycles. The molecule has 0 saturated heterocycles. The first-order valence-electron chi connectivity index (χ1n) is 5.76. The average Bonchev–Trinajstić information content (AvgIpc) is 2.28. The Hall–Kier alpha value is -0.940. The van der Waals surface area contributed by atoms with Gasteiger partial charge in [0.1, 0.15) is 0 Å². The molecule has 2 unspecified atom stereocenters. The monoisotopic (exact) mass is 256 g/mol. The van der Waals surface area contributed by atoms with Crippen LogP contribution in [0.15, 0.2) is 23.1 Å². The summed E-state index contributed by atoms with van der Waals surface area (Å²) in [6.45, 7) is 4.46. The van der Waals surface area contributed by atoms with E-state index in [1.165, 1.54) is 6.07 Å². The van der Waals surface area contributed by atoms with Crippen LogP contribution in [0.2, 0.25) is 0 Å². The summed E-state index contributed by atoms with van der Waals surface area (Å²) in [4.78, 5) is 11.5. The fourth-order valence-electron chi connectivity index (χ4n) is 1.37. The quantitative estimate of drug-likeness (QED) is 0.753. The molecule has 17 heavy (non-hydrogen) atoms. The van der Waals surface area contributed by atoms with Crippen LogP contribution < -0.4 is 11.3 Å². The number of aromatic nitrogens is 1. The summed E-state index contributed by atoms with van der Waals surface area (Å²) < 4.78 is 1.63. The number of aliphatic hydroxyl groups excluding tert-OH is 1. The van der Waals surface area contributed by atoms with Crippen molar-refractivity contribution in [1.82, 2.24) is 4.57 Å². The zero-order valence-electron chi connectivity index (χ0n) is 10.3. The van der Waals surface area contributed by atoms with Crippen LogP contribution in [0.1, 0.15) is 20.3 Å². The van der Waals surface area contributed by atoms with E-state index >= 15 is 0 Å². The summed E-state index contributed by atoms with van der Waals surface area (Å²) in [7, 11) is 0. The number of aryl methyl sites for hydroxylation is 1. The lowest BCUT2D eigenvalue weighted by molar-refractivity contribution is 0.196. The minimum atomic E-state index is -0.296. The van der Waals surface area contributed by atoms with Gasteiger partial charge in [-0.2, -0.15) is 11.8 Å². The van der Waals surface area contributed by atoms with Gasteiger partial charge in [0.25, 0.3) is 5.56 Å². The Bertz CT molecular complexity index is 404. The van der Waals surface area contributed by atoms with E-state index in [1.807, 2.05) is 6.92 Å². The molecular formula is C12H20N2O2S. The van der Waals surface area contributed by atoms with Crippen LogP contribution in [-0.2, 0) is 6.54 Å². The van der Waals surface area contributed by atoms with E-state index in [-0.39, 0.29) is 16.9 Å². The number of hydrogen-bond acceptors (Lipinski definition) is 4. The Morgan fingerprint density at radius 1 is 1.47 bits per heavy atom. The molecule has 0 aliphatic carbocycles. The molecule has 4 nitrogen and oxygen atoms in total. The van der Waals surface area contributed by atoms with E-state index in [0.29, 0.717) is 12.2 Å². The molecule has 0 bridgehead atoms. The summed E-state index contributed by atoms with van der Waals surface area (Å²) in [6.07, 6.45) is 2.27. The van der Waals surface area contributed by atoms with E-state index in [4.69, 9.17) is 5.73 Å². The van der Waals surface area contributed by atoms with Gasteiger partial charge in [0.05, 0.1) is 6.10 Å². The molecule has 5 heteroatoms. The van der Waals surface area contributed by atoms with Crippen LogP contribution in [0.5, 0.6) is 0 Å². The molecule has 96 valence electrons. The predicted molar refractivity (Wildman–Crippen MR) is 73.3 cm³/mol. The molecule has 1 rings (SSSR count). The van der Waals surface area contributed by atoms with Gasteiger partial charge in [0.2, 0.25) is 0 Å². The van der Waals surface area contributed by atoms with Crippen LogP contribution in [-0.4, -0.2) is 26.8 Å². The fourth-order valence-corrected chi connectivity index (χ4v) is 2.31. The number of nitrogens with two attached hydrogens (primary N) is 1. The van der Waals surface area contributed by atoms with Gasteiger partial charge in [-0.25, -0.2) is 0 Å². The molecule has 1 aromatic heterocycles. The molecule has 3 N–H and O–H groups in total. The molecule has 0 spiro atoms. The Labute approximate surface area is 106 Å². The third-order valence-electron chi connectivity index (χ3n) is 2.61. The maximum atomic E-state index is 11.5. The number of nitrogens with zero attached hydrogens (tertiary/aromatic N) is 1. The summed E-state index contributed by atoms with van der Waals surface area (Å²) in [6, 6.07) is 3.10. The molecule has 0 aromatic carbocycles. The van der Waals surface area contributed by atoms with E-state index in [2.05, 4.69) is 0 Å². The fraction of sp³-hybridized carbons (Fsp3) is 0.583. The first-order chi connectivity index (χ1) is 8.00. The Balaban J connectivity index is 2.36. The van der Waals surface area contributed by atoms with E-state index < -0.39 is 0 Å². The number of nitrogen functional groups attached to an aromatic ring is 1. The largest absolute Gasteiger partial charge is 0.398 e. The number of hydrogen-bond donors (Lipinski definition) is 2. The van der Waals surface area contributed by atoms with Crippen LogP contribution in [0.25, 0.3) is 0 Å². The zero-order valence-corrected chi connectivity index (χ0v) is 11.1. The smallest absolute Gasteiger partial charge is 0.250 e. The highest BCUT2D eigenvalue weighted by atomic mass is 32.2. The number of thioether (sulfide) groups is 1. The van der Waals surface area contributed by atoms with Gasteiger partial charge in [-0.3, -0.25) is 4.79 Å². The lowest BCUT2D eigenvalue weighted by atomic mass is 10.3. The minimum absolute atomic E-state index is 0.0206. The summed E-state index contributed by atoms with van der Waals surface area (Å²) in [5.74, 6) is 0.924. The molecule has 0 radical (unpaired) electrons. The average molecular weight is 256 g/mol. The van der Waals surface area contributed by atoms with Crippen molar-refractivity contribution in [2.24, 2.45) is 0 Å². The minimum Gasteiger partial charge on any atom is -0.398 e. The molecule has 0 fully saturated rings. The van der Waals surface area contributed by atoms with Crippen LogP contribution >= 0.6 is 11.8 Å². The van der Waals surface area contributed by atoms with E-state index in [9.17, 15) is 9.90 Å². The van der Waals surface area contributed by atoms with Crippen LogP contribution in [0, 0.1) is 0 Å². The Morgan fingerprint density at radius 2 is 2.18 bits per heavy atom. The zero-order chi connectivity index (χ0) is 12.8. The summed E-state index contributed by atoms with van der Waals surface area (Å²) in [5.41, 5.74) is 6.21. The number of anilines is 1. The number of pyridine rings is 1. The number of aliphatic hydroxyl groups is 1. The normalized spacial score (nSPS) is 14.5. The second-order valence-corrected chi connectivity index (χ2v) is 5.65. The second kappa shape index (κ2) is 6.71. The van der Waals surface area contributed by atoms with Crippen molar-refractivity contribution < 1.29 is 5.11 Å². The molecule has 0 saturated carbocycles. The Morgan fingerprint density at radius 3 is 2.82 bits per heavy atom. The molecular weight excluding hydrogens is 236 g/mol. The van der Waals surface area contributed by atoms with E-state index in [0.717, 1.165) is 12.2 Å². The van der Waals surface area contributed by atoms with E-state index in [1.54, 1.807) is 35.5 Å². The SMILES string of the molecule is CC(O)C(C)SCCCn1cc(N)ccc1=O. The molecule has 0 amide bonds. The van der Waals surface area contributed by atoms with Crippen LogP contribution in [0.3, 0.4) is 0 Å². The van der Waals surface area contributed by atoms with Gasteiger partial charge in [0, 0.05) is 29.7 Å². The molecule has 0 aliphatic rings. The van der Waals surface area contributed by atoms with Gasteiger partial charge < -0.3 is 15.4 Å². The lowest BCUT2D eigenvalue weighted by Gasteiger charge is -2.14. The van der Waals surface area contributed by atoms with Gasteiger partial charge in [-0.1, -0.05) is 6.92 Å². The second-order valence-electron chi connectivity index (χ2n) is 4.16. The van der Waals surface area contributed by atoms with Crippen molar-refractivity contribution in [3.63, 3.8) is 0 Å². The van der Waals surface area contributed by atoms with Crippen molar-refractivity contribution in [3.8, 4) is 0 Å². The summed E-state index contributed by atoms with van der Waals surface area (Å²) >= 11 is 1.72. The topological polar surface area (TPSA) is 68.2 Å². The van der Waals surface area contributed by atoms with Gasteiger partial charge in [0.15, 0.2) is 0 Å². The highest BCUT2D eigenvalue weighted by Crippen LogP contribution is 2.15. The maximum Gasteiger partial charge on any atom is 0.250 e. The highest BCUT2D eigenvalue weighted by molar-refractivity contribution is 7.99. The molecule has 1 aromatic rings. The van der Waals surface area contributed by atoms with Gasteiger partial charge >= 0.3 is 0 Å². The van der Waals surface area contributed by atoms with Gasteiger partial charge in [-0.05, 0) is 25.2 Å². The highest BCUT2D eigenvalue weighted by Gasteiger charge is 2.08. The molecule has 2 atom stereocenters. The van der Waals surface area contributed by atoms with Crippen molar-refractivity contribution >= 4 is 17.4 Å². The van der Waals surface area contributed by atoms with Gasteiger partial charge in [-0.15, -0.1) is 0 Å². The van der Waals surface area contributed by atoms with Crippen molar-refractivity contribution in [3.05, 3.63) is 28.7 Å². The first-order valence-corrected chi connectivity index (χ1v) is 6.81. The standard InChI is InChI=1S/C12H20N2O2S/c1-9(15)10(2)17-7-3-6-14-8-11(13)4-5-12(14)16/h4-5,8-10,15H,3,6-7,13H2,1-2H3. The third-order valence-corrected chi connectivity index (χ3v) is 4.05. The third kappa shape index (κ3) is 4.83. The lowest BCUT2D eigenvalue weighted by Crippen LogP contribution is -2.20. The molecule has 1 heterocycles. The summed E-state index contributed by atoms with van der Waals surface area (Å²) in [5, 5.41) is 9.55. The van der Waals surface area contributed by atoms with Crippen molar-refractivity contribution in [2.75, 3.05) is 11.5 Å². The van der Waals surface area contributed by atoms with Crippen molar-refractivity contribution in [1.29, 1.82) is 0 Å². The van der Waals surface area contributed by atoms with Crippen LogP contribution in [0.4, 0.5) is 5.69 Å². The number of rotatable bonds is 6. The van der Waals surface area contributed by atoms with Crippen molar-refractivity contribution in [2.45, 2.75) is 38.2 Å². The predicted octanol–water partition coefficient (Wildman–Crippen LogP) is 1.32.